The summed E-state index contributed by atoms with van der Waals surface area (Å²) >= 11 is 0. The first-order valence-electron chi connectivity index (χ1n) is 5.35. The molecule has 0 atom stereocenters. The lowest BCUT2D eigenvalue weighted by Crippen LogP contribution is -2.35. The predicted octanol–water partition coefficient (Wildman–Crippen LogP) is -0.414. The summed E-state index contributed by atoms with van der Waals surface area (Å²) in [4.78, 5) is 25.3. The maximum absolute atomic E-state index is 11.6. The van der Waals surface area contributed by atoms with E-state index in [0.717, 1.165) is 0 Å². The molecule has 0 aliphatic rings. The monoisotopic (exact) mass is 242 g/mol. The number of hydrogen-bond donors (Lipinski definition) is 3. The molecule has 0 saturated carbocycles. The van der Waals surface area contributed by atoms with Gasteiger partial charge in [-0.3, -0.25) is 14.3 Å². The molecule has 0 bridgehead atoms. The second-order valence-electron chi connectivity index (χ2n) is 3.96. The summed E-state index contributed by atoms with van der Waals surface area (Å²) in [6, 6.07) is 0.0479. The maximum Gasteiger partial charge on any atom is 0.330 e. The van der Waals surface area contributed by atoms with Crippen molar-refractivity contribution in [3.05, 3.63) is 20.8 Å². The molecule has 1 heterocycles. The zero-order valence-corrected chi connectivity index (χ0v) is 10.2. The zero-order valence-electron chi connectivity index (χ0n) is 10.2. The Morgan fingerprint density at radius 1 is 1.47 bits per heavy atom. The lowest BCUT2D eigenvalue weighted by Gasteiger charge is -2.15. The van der Waals surface area contributed by atoms with Crippen LogP contribution in [0.2, 0.25) is 0 Å². The average Bonchev–Trinajstić information content (AvgIpc) is 2.23. The minimum Gasteiger partial charge on any atom is -0.383 e. The first-order valence-corrected chi connectivity index (χ1v) is 5.35. The molecule has 96 valence electrons. The molecule has 7 heteroatoms. The van der Waals surface area contributed by atoms with Crippen molar-refractivity contribution in [3.63, 3.8) is 0 Å². The number of nitrogens with one attached hydrogen (secondary N) is 2. The Hall–Kier alpha value is -1.76. The number of ether oxygens (including phenoxy) is 1. The van der Waals surface area contributed by atoms with Gasteiger partial charge in [-0.2, -0.15) is 0 Å². The SMILES string of the molecule is COCCn1c(N)c(NC(C)C)c(=O)[nH]c1=O. The maximum atomic E-state index is 11.6. The number of hydrogen-bond acceptors (Lipinski definition) is 5. The second kappa shape index (κ2) is 5.53. The largest absolute Gasteiger partial charge is 0.383 e. The van der Waals surface area contributed by atoms with Crippen LogP contribution in [0.3, 0.4) is 0 Å². The molecule has 1 aromatic heterocycles. The summed E-state index contributed by atoms with van der Waals surface area (Å²) in [5.74, 6) is 0.129. The van der Waals surface area contributed by atoms with E-state index in [1.54, 1.807) is 0 Å². The standard InChI is InChI=1S/C10H18N4O3/c1-6(2)12-7-8(11)14(4-5-17-3)10(16)13-9(7)15/h6,12H,4-5,11H2,1-3H3,(H,13,15,16). The van der Waals surface area contributed by atoms with Crippen LogP contribution in [0.1, 0.15) is 13.8 Å². The molecule has 7 nitrogen and oxygen atoms in total. The highest BCUT2D eigenvalue weighted by Crippen LogP contribution is 2.10. The Bertz CT molecular complexity index is 489. The van der Waals surface area contributed by atoms with E-state index < -0.39 is 11.2 Å². The highest BCUT2D eigenvalue weighted by molar-refractivity contribution is 5.60. The summed E-state index contributed by atoms with van der Waals surface area (Å²) in [6.45, 7) is 4.40. The van der Waals surface area contributed by atoms with Gasteiger partial charge in [0.15, 0.2) is 0 Å². The summed E-state index contributed by atoms with van der Waals surface area (Å²) < 4.78 is 6.15. The zero-order chi connectivity index (χ0) is 13.0. The Morgan fingerprint density at radius 3 is 2.65 bits per heavy atom. The summed E-state index contributed by atoms with van der Waals surface area (Å²) in [6.07, 6.45) is 0. The van der Waals surface area contributed by atoms with Crippen molar-refractivity contribution < 1.29 is 4.74 Å². The van der Waals surface area contributed by atoms with Crippen LogP contribution in [0, 0.1) is 0 Å². The van der Waals surface area contributed by atoms with E-state index in [1.807, 2.05) is 13.8 Å². The number of rotatable bonds is 5. The van der Waals surface area contributed by atoms with Crippen molar-refractivity contribution in [2.45, 2.75) is 26.4 Å². The number of H-pyrrole nitrogens is 1. The van der Waals surface area contributed by atoms with E-state index in [1.165, 1.54) is 11.7 Å². The van der Waals surface area contributed by atoms with Crippen LogP contribution < -0.4 is 22.3 Å². The molecule has 4 N–H and O–H groups in total. The van der Waals surface area contributed by atoms with Gasteiger partial charge in [-0.25, -0.2) is 4.79 Å². The van der Waals surface area contributed by atoms with E-state index in [-0.39, 0.29) is 17.5 Å². The molecule has 0 aromatic carbocycles. The topological polar surface area (TPSA) is 102 Å². The number of anilines is 2. The van der Waals surface area contributed by atoms with Crippen molar-refractivity contribution in [2.75, 3.05) is 24.8 Å². The van der Waals surface area contributed by atoms with Gasteiger partial charge in [0.1, 0.15) is 11.5 Å². The molecule has 0 amide bonds. The third-order valence-electron chi connectivity index (χ3n) is 2.19. The molecular formula is C10H18N4O3. The Kier molecular flexibility index (Phi) is 4.33. The van der Waals surface area contributed by atoms with Crippen molar-refractivity contribution in [1.82, 2.24) is 9.55 Å². The van der Waals surface area contributed by atoms with Gasteiger partial charge in [-0.05, 0) is 13.8 Å². The van der Waals surface area contributed by atoms with Crippen molar-refractivity contribution in [3.8, 4) is 0 Å². The minimum atomic E-state index is -0.529. The van der Waals surface area contributed by atoms with Crippen LogP contribution in [0.5, 0.6) is 0 Å². The van der Waals surface area contributed by atoms with E-state index in [9.17, 15) is 9.59 Å². The number of aromatic nitrogens is 2. The van der Waals surface area contributed by atoms with Crippen LogP contribution in [-0.2, 0) is 11.3 Å². The molecule has 0 spiro atoms. The molecule has 1 rings (SSSR count). The lowest BCUT2D eigenvalue weighted by molar-refractivity contribution is 0.186. The van der Waals surface area contributed by atoms with E-state index >= 15 is 0 Å². The van der Waals surface area contributed by atoms with Crippen LogP contribution in [0.15, 0.2) is 9.59 Å². The first kappa shape index (κ1) is 13.3. The fourth-order valence-electron chi connectivity index (χ4n) is 1.42. The number of methoxy groups -OCH3 is 1. The van der Waals surface area contributed by atoms with E-state index in [2.05, 4.69) is 10.3 Å². The Labute approximate surface area is 98.6 Å². The first-order chi connectivity index (χ1) is 7.97. The van der Waals surface area contributed by atoms with Crippen LogP contribution >= 0.6 is 0 Å². The van der Waals surface area contributed by atoms with Crippen molar-refractivity contribution in [2.24, 2.45) is 0 Å². The molecule has 0 unspecified atom stereocenters. The van der Waals surface area contributed by atoms with Gasteiger partial charge in [-0.1, -0.05) is 0 Å². The summed E-state index contributed by atoms with van der Waals surface area (Å²) in [7, 11) is 1.53. The Morgan fingerprint density at radius 2 is 2.12 bits per heavy atom. The molecular weight excluding hydrogens is 224 g/mol. The molecule has 0 fully saturated rings. The van der Waals surface area contributed by atoms with Gasteiger partial charge >= 0.3 is 5.69 Å². The van der Waals surface area contributed by atoms with Crippen molar-refractivity contribution >= 4 is 11.5 Å². The van der Waals surface area contributed by atoms with E-state index in [0.29, 0.717) is 13.2 Å². The predicted molar refractivity (Wildman–Crippen MR) is 66.4 cm³/mol. The van der Waals surface area contributed by atoms with Gasteiger partial charge in [0.05, 0.1) is 13.2 Å². The highest BCUT2D eigenvalue weighted by atomic mass is 16.5. The van der Waals surface area contributed by atoms with E-state index in [4.69, 9.17) is 10.5 Å². The number of nitrogens with two attached hydrogens (primary N) is 1. The lowest BCUT2D eigenvalue weighted by atomic mass is 10.3. The quantitative estimate of drug-likeness (QED) is 0.651. The fourth-order valence-corrected chi connectivity index (χ4v) is 1.42. The molecule has 1 aromatic rings. The molecule has 0 aliphatic heterocycles. The third kappa shape index (κ3) is 3.10. The number of nitrogens with zero attached hydrogens (tertiary/aromatic N) is 1. The fraction of sp³-hybridized carbons (Fsp3) is 0.600. The minimum absolute atomic E-state index is 0.0479. The smallest absolute Gasteiger partial charge is 0.330 e. The Balaban J connectivity index is 3.23. The number of aromatic amines is 1. The van der Waals surface area contributed by atoms with Gasteiger partial charge in [-0.15, -0.1) is 0 Å². The van der Waals surface area contributed by atoms with Gasteiger partial charge in [0, 0.05) is 13.2 Å². The average molecular weight is 242 g/mol. The molecule has 0 saturated heterocycles. The van der Waals surface area contributed by atoms with Gasteiger partial charge < -0.3 is 15.8 Å². The third-order valence-corrected chi connectivity index (χ3v) is 2.19. The molecule has 0 aliphatic carbocycles. The van der Waals surface area contributed by atoms with Crippen LogP contribution in [0.25, 0.3) is 0 Å². The molecule has 0 radical (unpaired) electrons. The van der Waals surface area contributed by atoms with Crippen LogP contribution in [-0.4, -0.2) is 29.3 Å². The highest BCUT2D eigenvalue weighted by Gasteiger charge is 2.12. The number of nitrogen functional groups attached to an aromatic ring is 1. The van der Waals surface area contributed by atoms with Crippen molar-refractivity contribution in [1.29, 1.82) is 0 Å². The second-order valence-corrected chi connectivity index (χ2v) is 3.96. The van der Waals surface area contributed by atoms with Crippen LogP contribution in [0.4, 0.5) is 11.5 Å². The molecule has 17 heavy (non-hydrogen) atoms. The van der Waals surface area contributed by atoms with Gasteiger partial charge in [0.2, 0.25) is 0 Å². The summed E-state index contributed by atoms with van der Waals surface area (Å²) in [5, 5.41) is 2.92. The van der Waals surface area contributed by atoms with Gasteiger partial charge in [0.25, 0.3) is 5.56 Å². The normalized spacial score (nSPS) is 10.8. The summed E-state index contributed by atoms with van der Waals surface area (Å²) in [5.41, 5.74) is 4.98.